The van der Waals surface area contributed by atoms with Crippen molar-refractivity contribution in [3.63, 3.8) is 0 Å². The SMILES string of the molecule is COc1cc([B]c2c(F)cc(F)c(F)c2C)c(F)cc1F. The third-order valence-electron chi connectivity index (χ3n) is 3.02. The minimum atomic E-state index is -1.33. The van der Waals surface area contributed by atoms with Gasteiger partial charge in [-0.1, -0.05) is 0 Å². The zero-order valence-corrected chi connectivity index (χ0v) is 11.1. The van der Waals surface area contributed by atoms with Crippen molar-refractivity contribution in [2.75, 3.05) is 7.11 Å². The fourth-order valence-corrected chi connectivity index (χ4v) is 1.87. The summed E-state index contributed by atoms with van der Waals surface area (Å²) in [4.78, 5) is 0. The van der Waals surface area contributed by atoms with Gasteiger partial charge in [-0.2, -0.15) is 0 Å². The van der Waals surface area contributed by atoms with E-state index in [2.05, 4.69) is 0 Å². The lowest BCUT2D eigenvalue weighted by Crippen LogP contribution is -2.35. The van der Waals surface area contributed by atoms with E-state index in [1.54, 1.807) is 0 Å². The molecule has 2 rings (SSSR count). The number of rotatable bonds is 3. The predicted octanol–water partition coefficient (Wildman–Crippen LogP) is 2.35. The van der Waals surface area contributed by atoms with E-state index in [9.17, 15) is 22.0 Å². The second-order valence-electron chi connectivity index (χ2n) is 4.35. The first kappa shape index (κ1) is 15.3. The smallest absolute Gasteiger partial charge is 0.199 e. The average molecular weight is 299 g/mol. The fraction of sp³-hybridized carbons (Fsp3) is 0.143. The normalized spacial score (nSPS) is 10.6. The van der Waals surface area contributed by atoms with Crippen LogP contribution in [0.2, 0.25) is 0 Å². The van der Waals surface area contributed by atoms with E-state index in [4.69, 9.17) is 4.74 Å². The molecule has 109 valence electrons. The number of halogens is 5. The molecule has 0 amide bonds. The van der Waals surface area contributed by atoms with Crippen molar-refractivity contribution in [3.05, 3.63) is 52.8 Å². The first-order valence-corrected chi connectivity index (χ1v) is 5.87. The van der Waals surface area contributed by atoms with Crippen LogP contribution in [0, 0.1) is 36.0 Å². The second kappa shape index (κ2) is 5.75. The molecule has 0 fully saturated rings. The van der Waals surface area contributed by atoms with Gasteiger partial charge >= 0.3 is 0 Å². The Hall–Kier alpha value is -2.05. The van der Waals surface area contributed by atoms with Crippen LogP contribution in [0.3, 0.4) is 0 Å². The number of ether oxygens (including phenoxy) is 1. The molecule has 0 heterocycles. The Labute approximate surface area is 118 Å². The van der Waals surface area contributed by atoms with Gasteiger partial charge in [0, 0.05) is 12.1 Å². The Morgan fingerprint density at radius 1 is 0.857 bits per heavy atom. The van der Waals surface area contributed by atoms with Gasteiger partial charge in [0.2, 0.25) is 0 Å². The van der Waals surface area contributed by atoms with Crippen LogP contribution in [0.4, 0.5) is 22.0 Å². The van der Waals surface area contributed by atoms with Crippen LogP contribution in [0.15, 0.2) is 18.2 Å². The maximum atomic E-state index is 13.7. The minimum Gasteiger partial charge on any atom is -0.494 e. The Bertz CT molecular complexity index is 702. The first-order valence-electron chi connectivity index (χ1n) is 5.87. The van der Waals surface area contributed by atoms with E-state index in [-0.39, 0.29) is 22.2 Å². The van der Waals surface area contributed by atoms with Gasteiger partial charge in [-0.3, -0.25) is 0 Å². The van der Waals surface area contributed by atoms with E-state index >= 15 is 0 Å². The van der Waals surface area contributed by atoms with Crippen molar-refractivity contribution in [2.24, 2.45) is 0 Å². The summed E-state index contributed by atoms with van der Waals surface area (Å²) in [7, 11) is 2.15. The zero-order chi connectivity index (χ0) is 15.7. The summed E-state index contributed by atoms with van der Waals surface area (Å²) in [5.74, 6) is -5.75. The molecule has 0 aromatic heterocycles. The topological polar surface area (TPSA) is 9.23 Å². The van der Waals surface area contributed by atoms with Crippen LogP contribution in [0.25, 0.3) is 0 Å². The molecule has 0 saturated heterocycles. The summed E-state index contributed by atoms with van der Waals surface area (Å²) < 4.78 is 71.8. The minimum absolute atomic E-state index is 0.207. The Balaban J connectivity index is 2.51. The van der Waals surface area contributed by atoms with Crippen LogP contribution in [0.5, 0.6) is 5.75 Å². The lowest BCUT2D eigenvalue weighted by Gasteiger charge is -2.11. The van der Waals surface area contributed by atoms with Gasteiger partial charge < -0.3 is 4.74 Å². The molecule has 21 heavy (non-hydrogen) atoms. The van der Waals surface area contributed by atoms with Gasteiger partial charge in [0.05, 0.1) is 7.11 Å². The highest BCUT2D eigenvalue weighted by atomic mass is 19.2. The quantitative estimate of drug-likeness (QED) is 0.480. The van der Waals surface area contributed by atoms with Crippen molar-refractivity contribution in [1.82, 2.24) is 0 Å². The van der Waals surface area contributed by atoms with E-state index < -0.39 is 29.1 Å². The highest BCUT2D eigenvalue weighted by molar-refractivity contribution is 6.68. The number of hydrogen-bond donors (Lipinski definition) is 0. The highest BCUT2D eigenvalue weighted by Gasteiger charge is 2.19. The number of hydrogen-bond acceptors (Lipinski definition) is 1. The summed E-state index contributed by atoms with van der Waals surface area (Å²) in [6.07, 6.45) is 0. The largest absolute Gasteiger partial charge is 0.494 e. The van der Waals surface area contributed by atoms with Gasteiger partial charge in [0.1, 0.15) is 11.6 Å². The van der Waals surface area contributed by atoms with Crippen molar-refractivity contribution in [2.45, 2.75) is 6.92 Å². The van der Waals surface area contributed by atoms with Gasteiger partial charge in [-0.25, -0.2) is 22.0 Å². The molecule has 0 spiro atoms. The van der Waals surface area contributed by atoms with Crippen LogP contribution in [-0.4, -0.2) is 14.4 Å². The lowest BCUT2D eigenvalue weighted by atomic mass is 9.62. The maximum absolute atomic E-state index is 13.7. The standard InChI is InChI=1S/C14H9BF5O/c1-6-13(10(18)5-11(19)14(6)20)15-7-3-12(21-2)9(17)4-8(7)16/h3-5H,1-2H3. The fourth-order valence-electron chi connectivity index (χ4n) is 1.87. The molecule has 1 radical (unpaired) electrons. The first-order chi connectivity index (χ1) is 9.85. The van der Waals surface area contributed by atoms with Crippen LogP contribution in [0.1, 0.15) is 5.56 Å². The van der Waals surface area contributed by atoms with Crippen LogP contribution >= 0.6 is 0 Å². The second-order valence-corrected chi connectivity index (χ2v) is 4.35. The summed E-state index contributed by atoms with van der Waals surface area (Å²) in [6.45, 7) is 1.16. The molecule has 0 aliphatic heterocycles. The number of methoxy groups -OCH3 is 1. The summed E-state index contributed by atoms with van der Waals surface area (Å²) in [6, 6.07) is 1.94. The van der Waals surface area contributed by atoms with Crippen molar-refractivity contribution < 1.29 is 26.7 Å². The summed E-state index contributed by atoms with van der Waals surface area (Å²) >= 11 is 0. The monoisotopic (exact) mass is 299 g/mol. The van der Waals surface area contributed by atoms with Crippen molar-refractivity contribution >= 4 is 18.2 Å². The third kappa shape index (κ3) is 2.86. The highest BCUT2D eigenvalue weighted by Crippen LogP contribution is 2.16. The average Bonchev–Trinajstić information content (AvgIpc) is 2.43. The predicted molar refractivity (Wildman–Crippen MR) is 69.0 cm³/mol. The Morgan fingerprint density at radius 3 is 2.10 bits per heavy atom. The van der Waals surface area contributed by atoms with Gasteiger partial charge in [0.15, 0.2) is 30.5 Å². The van der Waals surface area contributed by atoms with Crippen molar-refractivity contribution in [3.8, 4) is 5.75 Å². The zero-order valence-electron chi connectivity index (χ0n) is 11.1. The van der Waals surface area contributed by atoms with E-state index in [1.165, 1.54) is 7.11 Å². The van der Waals surface area contributed by atoms with E-state index in [0.717, 1.165) is 20.3 Å². The summed E-state index contributed by atoms with van der Waals surface area (Å²) in [5, 5.41) is 0. The molecule has 0 saturated carbocycles. The van der Waals surface area contributed by atoms with E-state index in [0.29, 0.717) is 12.1 Å². The molecule has 7 heteroatoms. The molecule has 0 aliphatic carbocycles. The molecule has 0 aliphatic rings. The molecule has 1 nitrogen and oxygen atoms in total. The van der Waals surface area contributed by atoms with Crippen LogP contribution in [-0.2, 0) is 0 Å². The molecular weight excluding hydrogens is 290 g/mol. The number of benzene rings is 2. The van der Waals surface area contributed by atoms with Crippen molar-refractivity contribution in [1.29, 1.82) is 0 Å². The lowest BCUT2D eigenvalue weighted by molar-refractivity contribution is 0.385. The molecular formula is C14H9BF5O. The Kier molecular flexibility index (Phi) is 4.20. The molecule has 2 aromatic carbocycles. The molecule has 0 atom stereocenters. The van der Waals surface area contributed by atoms with Gasteiger partial charge in [-0.15, -0.1) is 0 Å². The van der Waals surface area contributed by atoms with Crippen LogP contribution < -0.4 is 15.7 Å². The third-order valence-corrected chi connectivity index (χ3v) is 3.02. The van der Waals surface area contributed by atoms with E-state index in [1.807, 2.05) is 0 Å². The molecule has 2 aromatic rings. The van der Waals surface area contributed by atoms with Gasteiger partial charge in [-0.05, 0) is 29.5 Å². The molecule has 0 N–H and O–H groups in total. The molecule has 0 unspecified atom stereocenters. The molecule has 0 bridgehead atoms. The summed E-state index contributed by atoms with van der Waals surface area (Å²) in [5.41, 5.74) is -0.835. The maximum Gasteiger partial charge on any atom is 0.199 e. The van der Waals surface area contributed by atoms with Gasteiger partial charge in [0.25, 0.3) is 0 Å². The Morgan fingerprint density at radius 2 is 1.48 bits per heavy atom.